The molecule has 0 unspecified atom stereocenters. The number of furan rings is 1. The highest BCUT2D eigenvalue weighted by Crippen LogP contribution is 2.42. The highest BCUT2D eigenvalue weighted by molar-refractivity contribution is 5.68. The Hall–Kier alpha value is -2.39. The average Bonchev–Trinajstić information content (AvgIpc) is 3.41. The molecule has 0 spiro atoms. The second-order valence-corrected chi connectivity index (χ2v) is 7.47. The smallest absolute Gasteiger partial charge is 0.408 e. The van der Waals surface area contributed by atoms with Gasteiger partial charge in [0.05, 0.1) is 6.26 Å². The van der Waals surface area contributed by atoms with E-state index in [2.05, 4.69) is 5.32 Å². The summed E-state index contributed by atoms with van der Waals surface area (Å²) in [5, 5.41) is 2.85. The van der Waals surface area contributed by atoms with Crippen LogP contribution in [-0.4, -0.2) is 43.6 Å². The lowest BCUT2D eigenvalue weighted by Gasteiger charge is -2.28. The van der Waals surface area contributed by atoms with Crippen molar-refractivity contribution in [3.63, 3.8) is 0 Å². The number of methoxy groups -OCH3 is 1. The van der Waals surface area contributed by atoms with Crippen LogP contribution in [-0.2, 0) is 30.3 Å². The van der Waals surface area contributed by atoms with Gasteiger partial charge in [-0.2, -0.15) is 0 Å². The van der Waals surface area contributed by atoms with Crippen LogP contribution in [0.25, 0.3) is 0 Å². The zero-order valence-corrected chi connectivity index (χ0v) is 16.6. The molecule has 5 atom stereocenters. The van der Waals surface area contributed by atoms with Crippen LogP contribution < -0.4 is 5.32 Å². The summed E-state index contributed by atoms with van der Waals surface area (Å²) in [4.78, 5) is 12.5. The number of rotatable bonds is 6. The van der Waals surface area contributed by atoms with E-state index in [1.54, 1.807) is 19.2 Å². The number of fused-ring (bicyclic) bond motifs is 1. The number of carbonyl (C=O) groups excluding carboxylic acids is 1. The highest BCUT2D eigenvalue weighted by atomic mass is 16.8. The molecule has 8 heteroatoms. The molecule has 2 aliphatic rings. The SMILES string of the molecule is CO[C@@H]1O[C@H]([C@@H](NC(=O)OCc2ccccc2)c2ccco2)[C@H]2OC(C)(C)O[C@@H]12. The molecule has 156 valence electrons. The zero-order valence-electron chi connectivity index (χ0n) is 16.6. The lowest BCUT2D eigenvalue weighted by Crippen LogP contribution is -2.43. The van der Waals surface area contributed by atoms with Crippen LogP contribution in [0.4, 0.5) is 4.79 Å². The summed E-state index contributed by atoms with van der Waals surface area (Å²) in [6.07, 6.45) is -1.11. The first-order valence-corrected chi connectivity index (χ1v) is 9.51. The van der Waals surface area contributed by atoms with Gasteiger partial charge in [0.15, 0.2) is 12.1 Å². The van der Waals surface area contributed by atoms with Crippen LogP contribution in [0, 0.1) is 0 Å². The van der Waals surface area contributed by atoms with Crippen molar-refractivity contribution in [2.45, 2.75) is 56.9 Å². The van der Waals surface area contributed by atoms with Gasteiger partial charge in [0, 0.05) is 7.11 Å². The maximum absolute atomic E-state index is 12.5. The van der Waals surface area contributed by atoms with Crippen molar-refractivity contribution in [3.8, 4) is 0 Å². The van der Waals surface area contributed by atoms with Crippen LogP contribution >= 0.6 is 0 Å². The van der Waals surface area contributed by atoms with E-state index >= 15 is 0 Å². The van der Waals surface area contributed by atoms with Crippen molar-refractivity contribution in [2.24, 2.45) is 0 Å². The predicted molar refractivity (Wildman–Crippen MR) is 101 cm³/mol. The monoisotopic (exact) mass is 403 g/mol. The molecule has 1 N–H and O–H groups in total. The normalized spacial score (nSPS) is 28.7. The first kappa shape index (κ1) is 19.9. The number of hydrogen-bond acceptors (Lipinski definition) is 7. The van der Waals surface area contributed by atoms with Gasteiger partial charge in [-0.3, -0.25) is 0 Å². The minimum Gasteiger partial charge on any atom is -0.467 e. The molecular formula is C21H25NO7. The average molecular weight is 403 g/mol. The molecule has 1 aromatic heterocycles. The number of carbonyl (C=O) groups is 1. The molecule has 1 aromatic carbocycles. The molecular weight excluding hydrogens is 378 g/mol. The molecule has 1 amide bonds. The fourth-order valence-electron chi connectivity index (χ4n) is 3.72. The fourth-order valence-corrected chi connectivity index (χ4v) is 3.72. The summed E-state index contributed by atoms with van der Waals surface area (Å²) < 4.78 is 34.4. The Bertz CT molecular complexity index is 808. The Morgan fingerprint density at radius 3 is 2.59 bits per heavy atom. The number of alkyl carbamates (subject to hydrolysis) is 1. The molecule has 2 aliphatic heterocycles. The van der Waals surface area contributed by atoms with Crippen molar-refractivity contribution in [2.75, 3.05) is 7.11 Å². The second kappa shape index (κ2) is 8.16. The summed E-state index contributed by atoms with van der Waals surface area (Å²) in [7, 11) is 1.54. The molecule has 2 saturated heterocycles. The number of hydrogen-bond donors (Lipinski definition) is 1. The summed E-state index contributed by atoms with van der Waals surface area (Å²) in [5.74, 6) is -0.258. The van der Waals surface area contributed by atoms with Gasteiger partial charge in [-0.25, -0.2) is 4.79 Å². The maximum atomic E-state index is 12.5. The van der Waals surface area contributed by atoms with Gasteiger partial charge in [0.2, 0.25) is 0 Å². The Morgan fingerprint density at radius 1 is 1.14 bits per heavy atom. The molecule has 8 nitrogen and oxygen atoms in total. The van der Waals surface area contributed by atoms with Crippen molar-refractivity contribution in [1.29, 1.82) is 0 Å². The Balaban J connectivity index is 1.50. The largest absolute Gasteiger partial charge is 0.467 e. The van der Waals surface area contributed by atoms with Crippen LogP contribution in [0.3, 0.4) is 0 Å². The summed E-state index contributed by atoms with van der Waals surface area (Å²) >= 11 is 0. The topological polar surface area (TPSA) is 88.4 Å². The van der Waals surface area contributed by atoms with Crippen LogP contribution in [0.5, 0.6) is 0 Å². The van der Waals surface area contributed by atoms with E-state index in [1.807, 2.05) is 44.2 Å². The number of amides is 1. The Labute approximate surface area is 169 Å². The third kappa shape index (κ3) is 4.30. The first-order valence-electron chi connectivity index (χ1n) is 9.51. The molecule has 0 bridgehead atoms. The van der Waals surface area contributed by atoms with Crippen molar-refractivity contribution in [1.82, 2.24) is 5.32 Å². The second-order valence-electron chi connectivity index (χ2n) is 7.47. The molecule has 4 rings (SSSR count). The van der Waals surface area contributed by atoms with Gasteiger partial charge in [0.25, 0.3) is 0 Å². The predicted octanol–water partition coefficient (Wildman–Crippen LogP) is 3.14. The van der Waals surface area contributed by atoms with Gasteiger partial charge < -0.3 is 33.4 Å². The lowest BCUT2D eigenvalue weighted by molar-refractivity contribution is -0.230. The standard InChI is InChI=1S/C21H25NO7/c1-21(2)28-17-16(27-19(24-3)18(17)29-21)15(14-10-7-11-25-14)22-20(23)26-12-13-8-5-4-6-9-13/h4-11,15-19H,12H2,1-3H3,(H,22,23)/t15-,16+,17+,18+,19+/m0/s1. The number of benzene rings is 1. The van der Waals surface area contributed by atoms with Gasteiger partial charge in [-0.05, 0) is 31.5 Å². The minimum atomic E-state index is -0.782. The third-order valence-corrected chi connectivity index (χ3v) is 4.94. The first-order chi connectivity index (χ1) is 14.0. The molecule has 2 fully saturated rings. The van der Waals surface area contributed by atoms with Crippen LogP contribution in [0.2, 0.25) is 0 Å². The number of ether oxygens (including phenoxy) is 5. The maximum Gasteiger partial charge on any atom is 0.408 e. The molecule has 0 aliphatic carbocycles. The van der Waals surface area contributed by atoms with Gasteiger partial charge in [-0.15, -0.1) is 0 Å². The van der Waals surface area contributed by atoms with E-state index in [0.717, 1.165) is 5.56 Å². The van der Waals surface area contributed by atoms with Gasteiger partial charge >= 0.3 is 6.09 Å². The van der Waals surface area contributed by atoms with Gasteiger partial charge in [-0.1, -0.05) is 30.3 Å². The lowest BCUT2D eigenvalue weighted by atomic mass is 10.0. The van der Waals surface area contributed by atoms with E-state index in [0.29, 0.717) is 5.76 Å². The molecule has 0 saturated carbocycles. The minimum absolute atomic E-state index is 0.155. The fraction of sp³-hybridized carbons (Fsp3) is 0.476. The molecule has 3 heterocycles. The van der Waals surface area contributed by atoms with Gasteiger partial charge in [0.1, 0.15) is 36.7 Å². The molecule has 2 aromatic rings. The van der Waals surface area contributed by atoms with E-state index in [4.69, 9.17) is 28.1 Å². The van der Waals surface area contributed by atoms with E-state index in [-0.39, 0.29) is 6.61 Å². The van der Waals surface area contributed by atoms with Crippen molar-refractivity contribution in [3.05, 3.63) is 60.1 Å². The van der Waals surface area contributed by atoms with Crippen LogP contribution in [0.1, 0.15) is 31.2 Å². The van der Waals surface area contributed by atoms with Crippen molar-refractivity contribution < 1.29 is 32.9 Å². The van der Waals surface area contributed by atoms with Crippen LogP contribution in [0.15, 0.2) is 53.1 Å². The van der Waals surface area contributed by atoms with E-state index in [9.17, 15) is 4.79 Å². The zero-order chi connectivity index (χ0) is 20.4. The highest BCUT2D eigenvalue weighted by Gasteiger charge is 2.58. The Morgan fingerprint density at radius 2 is 1.90 bits per heavy atom. The van der Waals surface area contributed by atoms with E-state index in [1.165, 1.54) is 6.26 Å². The Kier molecular flexibility index (Phi) is 5.60. The summed E-state index contributed by atoms with van der Waals surface area (Å²) in [6, 6.07) is 12.3. The molecule has 0 radical (unpaired) electrons. The van der Waals surface area contributed by atoms with E-state index < -0.39 is 42.5 Å². The number of nitrogens with one attached hydrogen (secondary N) is 1. The van der Waals surface area contributed by atoms with Crippen molar-refractivity contribution >= 4 is 6.09 Å². The quantitative estimate of drug-likeness (QED) is 0.793. The summed E-state index contributed by atoms with van der Waals surface area (Å²) in [5.41, 5.74) is 0.892. The third-order valence-electron chi connectivity index (χ3n) is 4.94. The summed E-state index contributed by atoms with van der Waals surface area (Å²) in [6.45, 7) is 3.82. The molecule has 29 heavy (non-hydrogen) atoms.